The number of amides is 1. The Morgan fingerprint density at radius 3 is 2.67 bits per heavy atom. The number of fused-ring (bicyclic) bond motifs is 1. The van der Waals surface area contributed by atoms with E-state index < -0.39 is 5.79 Å². The highest BCUT2D eigenvalue weighted by atomic mass is 79.9. The van der Waals surface area contributed by atoms with Gasteiger partial charge in [0.1, 0.15) is 5.58 Å². The molecule has 2 fully saturated rings. The van der Waals surface area contributed by atoms with Crippen molar-refractivity contribution in [1.82, 2.24) is 5.32 Å². The molecular weight excluding hydrogens is 374 g/mol. The first-order valence-electron chi connectivity index (χ1n) is 8.34. The van der Waals surface area contributed by atoms with Crippen LogP contribution in [0, 0.1) is 6.92 Å². The number of halogens is 1. The van der Waals surface area contributed by atoms with Gasteiger partial charge in [-0.15, -0.1) is 0 Å². The van der Waals surface area contributed by atoms with Gasteiger partial charge >= 0.3 is 0 Å². The van der Waals surface area contributed by atoms with Crippen LogP contribution in [0.15, 0.2) is 27.1 Å². The number of ether oxygens (including phenoxy) is 2. The zero-order chi connectivity index (χ0) is 16.7. The second-order valence-electron chi connectivity index (χ2n) is 6.55. The van der Waals surface area contributed by atoms with Crippen LogP contribution in [0.3, 0.4) is 0 Å². The third kappa shape index (κ3) is 2.87. The van der Waals surface area contributed by atoms with Crippen molar-refractivity contribution >= 4 is 32.8 Å². The largest absolute Gasteiger partial charge is 0.451 e. The number of aryl methyl sites for hydroxylation is 1. The van der Waals surface area contributed by atoms with Gasteiger partial charge in [-0.25, -0.2) is 0 Å². The van der Waals surface area contributed by atoms with E-state index in [2.05, 4.69) is 21.2 Å². The van der Waals surface area contributed by atoms with Gasteiger partial charge in [0.2, 0.25) is 0 Å². The van der Waals surface area contributed by atoms with E-state index in [0.29, 0.717) is 19.0 Å². The van der Waals surface area contributed by atoms with Crippen molar-refractivity contribution in [3.63, 3.8) is 0 Å². The van der Waals surface area contributed by atoms with Crippen molar-refractivity contribution in [1.29, 1.82) is 0 Å². The van der Waals surface area contributed by atoms with Gasteiger partial charge in [0.05, 0.1) is 13.2 Å². The van der Waals surface area contributed by atoms with Gasteiger partial charge in [-0.05, 0) is 38.0 Å². The van der Waals surface area contributed by atoms with Gasteiger partial charge in [-0.3, -0.25) is 4.79 Å². The molecule has 5 nitrogen and oxygen atoms in total. The van der Waals surface area contributed by atoms with E-state index in [1.807, 2.05) is 25.1 Å². The summed E-state index contributed by atoms with van der Waals surface area (Å²) in [6.07, 6.45) is 3.36. The van der Waals surface area contributed by atoms with Crippen LogP contribution in [0.2, 0.25) is 0 Å². The minimum atomic E-state index is -0.400. The summed E-state index contributed by atoms with van der Waals surface area (Å²) in [5.41, 5.74) is 1.61. The fourth-order valence-electron chi connectivity index (χ4n) is 3.65. The minimum Gasteiger partial charge on any atom is -0.451 e. The summed E-state index contributed by atoms with van der Waals surface area (Å²) in [4.78, 5) is 12.6. The Bertz CT molecular complexity index is 769. The van der Waals surface area contributed by atoms with E-state index >= 15 is 0 Å². The molecule has 128 valence electrons. The van der Waals surface area contributed by atoms with Gasteiger partial charge in [-0.2, -0.15) is 0 Å². The van der Waals surface area contributed by atoms with E-state index in [9.17, 15) is 4.79 Å². The first kappa shape index (κ1) is 16.1. The summed E-state index contributed by atoms with van der Waals surface area (Å²) in [5, 5.41) is 4.07. The number of hydrogen-bond acceptors (Lipinski definition) is 4. The van der Waals surface area contributed by atoms with Crippen LogP contribution < -0.4 is 5.32 Å². The maximum absolute atomic E-state index is 12.6. The van der Waals surface area contributed by atoms with E-state index in [1.54, 1.807) is 0 Å². The molecule has 2 heterocycles. The van der Waals surface area contributed by atoms with Crippen LogP contribution in [-0.2, 0) is 9.47 Å². The molecular formula is C18H20BrNO4. The summed E-state index contributed by atoms with van der Waals surface area (Å²) in [7, 11) is 0. The molecule has 0 atom stereocenters. The second kappa shape index (κ2) is 6.17. The Balaban J connectivity index is 1.46. The molecule has 1 spiro atoms. The summed E-state index contributed by atoms with van der Waals surface area (Å²) in [5.74, 6) is -0.145. The number of rotatable bonds is 2. The topological polar surface area (TPSA) is 60.7 Å². The van der Waals surface area contributed by atoms with Gasteiger partial charge in [0.15, 0.2) is 11.5 Å². The van der Waals surface area contributed by atoms with Crippen LogP contribution in [0.1, 0.15) is 41.8 Å². The maximum atomic E-state index is 12.6. The zero-order valence-electron chi connectivity index (χ0n) is 13.6. The van der Waals surface area contributed by atoms with Gasteiger partial charge < -0.3 is 19.2 Å². The molecule has 6 heteroatoms. The van der Waals surface area contributed by atoms with Gasteiger partial charge in [0, 0.05) is 34.3 Å². The Kier molecular flexibility index (Phi) is 4.14. The molecule has 1 N–H and O–H groups in total. The highest BCUT2D eigenvalue weighted by Crippen LogP contribution is 2.36. The molecule has 24 heavy (non-hydrogen) atoms. The lowest BCUT2D eigenvalue weighted by atomic mass is 9.90. The van der Waals surface area contributed by atoms with Crippen LogP contribution in [-0.4, -0.2) is 30.9 Å². The molecule has 2 aliphatic rings. The molecule has 2 aromatic rings. The Labute approximate surface area is 148 Å². The van der Waals surface area contributed by atoms with E-state index in [0.717, 1.165) is 46.7 Å². The average molecular weight is 394 g/mol. The average Bonchev–Trinajstić information content (AvgIpc) is 3.16. The molecule has 1 aromatic heterocycles. The van der Waals surface area contributed by atoms with Crippen LogP contribution >= 0.6 is 15.9 Å². The molecule has 1 saturated heterocycles. The van der Waals surface area contributed by atoms with Gasteiger partial charge in [0.25, 0.3) is 5.91 Å². The molecule has 4 rings (SSSR count). The van der Waals surface area contributed by atoms with Crippen molar-refractivity contribution < 1.29 is 18.7 Å². The molecule has 0 unspecified atom stereocenters. The standard InChI is InChI=1S/C18H20BrNO4/c1-11-14-10-12(19)2-3-15(14)24-16(11)17(21)20-13-4-6-18(7-5-13)22-8-9-23-18/h2-3,10,13H,4-9H2,1H3,(H,20,21). The van der Waals surface area contributed by atoms with E-state index in [4.69, 9.17) is 13.9 Å². The summed E-state index contributed by atoms with van der Waals surface area (Å²) in [6, 6.07) is 5.90. The third-order valence-electron chi connectivity index (χ3n) is 5.00. The fourth-order valence-corrected chi connectivity index (χ4v) is 4.01. The van der Waals surface area contributed by atoms with Crippen molar-refractivity contribution in [2.45, 2.75) is 44.4 Å². The number of furan rings is 1. The maximum Gasteiger partial charge on any atom is 0.287 e. The molecule has 1 saturated carbocycles. The smallest absolute Gasteiger partial charge is 0.287 e. The molecule has 1 aliphatic heterocycles. The molecule has 1 amide bonds. The van der Waals surface area contributed by atoms with Crippen molar-refractivity contribution in [3.05, 3.63) is 34.0 Å². The number of nitrogens with one attached hydrogen (secondary N) is 1. The zero-order valence-corrected chi connectivity index (χ0v) is 15.1. The van der Waals surface area contributed by atoms with Crippen LogP contribution in [0.4, 0.5) is 0 Å². The number of benzene rings is 1. The van der Waals surface area contributed by atoms with Crippen molar-refractivity contribution in [2.75, 3.05) is 13.2 Å². The minimum absolute atomic E-state index is 0.135. The van der Waals surface area contributed by atoms with Crippen LogP contribution in [0.25, 0.3) is 11.0 Å². The molecule has 0 bridgehead atoms. The fraction of sp³-hybridized carbons (Fsp3) is 0.500. The highest BCUT2D eigenvalue weighted by molar-refractivity contribution is 9.10. The normalized spacial score (nSPS) is 20.8. The third-order valence-corrected chi connectivity index (χ3v) is 5.49. The Morgan fingerprint density at radius 1 is 1.25 bits per heavy atom. The lowest BCUT2D eigenvalue weighted by molar-refractivity contribution is -0.179. The molecule has 1 aliphatic carbocycles. The molecule has 0 radical (unpaired) electrons. The van der Waals surface area contributed by atoms with Gasteiger partial charge in [-0.1, -0.05) is 15.9 Å². The quantitative estimate of drug-likeness (QED) is 0.839. The van der Waals surface area contributed by atoms with Crippen molar-refractivity contribution in [2.24, 2.45) is 0 Å². The highest BCUT2D eigenvalue weighted by Gasteiger charge is 2.40. The first-order chi connectivity index (χ1) is 11.6. The predicted octanol–water partition coefficient (Wildman–Crippen LogP) is 3.92. The monoisotopic (exact) mass is 393 g/mol. The summed E-state index contributed by atoms with van der Waals surface area (Å²) >= 11 is 3.46. The lowest BCUT2D eigenvalue weighted by Gasteiger charge is -2.35. The summed E-state index contributed by atoms with van der Waals surface area (Å²) in [6.45, 7) is 3.26. The molecule has 1 aromatic carbocycles. The first-order valence-corrected chi connectivity index (χ1v) is 9.13. The SMILES string of the molecule is Cc1c(C(=O)NC2CCC3(CC2)OCCO3)oc2ccc(Br)cc12. The van der Waals surface area contributed by atoms with E-state index in [-0.39, 0.29) is 11.9 Å². The lowest BCUT2D eigenvalue weighted by Crippen LogP contribution is -2.44. The summed E-state index contributed by atoms with van der Waals surface area (Å²) < 4.78 is 18.2. The number of hydrogen-bond donors (Lipinski definition) is 1. The number of carbonyl (C=O) groups excluding carboxylic acids is 1. The predicted molar refractivity (Wildman–Crippen MR) is 93.0 cm³/mol. The Hall–Kier alpha value is -1.37. The van der Waals surface area contributed by atoms with Crippen molar-refractivity contribution in [3.8, 4) is 0 Å². The number of carbonyl (C=O) groups is 1. The Morgan fingerprint density at radius 2 is 1.96 bits per heavy atom. The van der Waals surface area contributed by atoms with Crippen LogP contribution in [0.5, 0.6) is 0 Å². The van der Waals surface area contributed by atoms with E-state index in [1.165, 1.54) is 0 Å². The second-order valence-corrected chi connectivity index (χ2v) is 7.47.